The average molecular weight is 363 g/mol. The topological polar surface area (TPSA) is 107 Å². The van der Waals surface area contributed by atoms with Gasteiger partial charge in [-0.25, -0.2) is 13.4 Å². The molecule has 1 aromatic carbocycles. The minimum absolute atomic E-state index is 0.125. The van der Waals surface area contributed by atoms with Gasteiger partial charge in [0.15, 0.2) is 5.69 Å². The minimum atomic E-state index is -4.01. The van der Waals surface area contributed by atoms with E-state index in [0.29, 0.717) is 4.47 Å². The Hall–Kier alpha value is -2.42. The van der Waals surface area contributed by atoms with Gasteiger partial charge in [-0.15, -0.1) is 0 Å². The van der Waals surface area contributed by atoms with Crippen LogP contribution in [-0.2, 0) is 10.0 Å². The number of benzene rings is 1. The SMILES string of the molecule is N#Cc1ccc(Br)cc1NS(=O)(=O)c1cccnc1C#N. The van der Waals surface area contributed by atoms with Crippen LogP contribution in [0.2, 0.25) is 0 Å². The first-order valence-electron chi connectivity index (χ1n) is 5.55. The molecule has 0 bridgehead atoms. The Labute approximate surface area is 129 Å². The van der Waals surface area contributed by atoms with Gasteiger partial charge in [-0.3, -0.25) is 4.72 Å². The molecule has 6 nitrogen and oxygen atoms in total. The highest BCUT2D eigenvalue weighted by molar-refractivity contribution is 9.10. The van der Waals surface area contributed by atoms with Crippen LogP contribution >= 0.6 is 15.9 Å². The van der Waals surface area contributed by atoms with E-state index in [2.05, 4.69) is 25.6 Å². The minimum Gasteiger partial charge on any atom is -0.278 e. The Bertz CT molecular complexity index is 882. The molecule has 0 unspecified atom stereocenters. The van der Waals surface area contributed by atoms with E-state index < -0.39 is 10.0 Å². The molecule has 1 heterocycles. The zero-order chi connectivity index (χ0) is 15.5. The third-order valence-electron chi connectivity index (χ3n) is 2.51. The number of halogens is 1. The Morgan fingerprint density at radius 1 is 1.19 bits per heavy atom. The van der Waals surface area contributed by atoms with E-state index in [1.54, 1.807) is 12.1 Å². The first-order chi connectivity index (χ1) is 9.97. The Kier molecular flexibility index (Phi) is 4.22. The molecule has 0 saturated carbocycles. The Morgan fingerprint density at radius 3 is 2.62 bits per heavy atom. The lowest BCUT2D eigenvalue weighted by molar-refractivity contribution is 0.600. The molecule has 2 aromatic rings. The van der Waals surface area contributed by atoms with Crippen LogP contribution in [-0.4, -0.2) is 13.4 Å². The molecule has 0 aliphatic heterocycles. The van der Waals surface area contributed by atoms with Crippen molar-refractivity contribution in [3.05, 3.63) is 52.3 Å². The zero-order valence-electron chi connectivity index (χ0n) is 10.4. The van der Waals surface area contributed by atoms with Crippen molar-refractivity contribution in [1.82, 2.24) is 4.98 Å². The third kappa shape index (κ3) is 3.19. The molecule has 0 amide bonds. The van der Waals surface area contributed by atoms with Crippen molar-refractivity contribution >= 4 is 31.6 Å². The molecule has 0 atom stereocenters. The molecule has 1 aromatic heterocycles. The van der Waals surface area contributed by atoms with Gasteiger partial charge in [-0.1, -0.05) is 15.9 Å². The Balaban J connectivity index is 2.51. The van der Waals surface area contributed by atoms with Gasteiger partial charge in [0.05, 0.1) is 11.3 Å². The second-order valence-corrected chi connectivity index (χ2v) is 6.44. The lowest BCUT2D eigenvalue weighted by atomic mass is 10.2. The van der Waals surface area contributed by atoms with Crippen molar-refractivity contribution in [3.63, 3.8) is 0 Å². The molecule has 0 aliphatic carbocycles. The molecule has 21 heavy (non-hydrogen) atoms. The van der Waals surface area contributed by atoms with Gasteiger partial charge < -0.3 is 0 Å². The van der Waals surface area contributed by atoms with E-state index in [9.17, 15) is 8.42 Å². The predicted molar refractivity (Wildman–Crippen MR) is 78.6 cm³/mol. The largest absolute Gasteiger partial charge is 0.278 e. The van der Waals surface area contributed by atoms with Crippen LogP contribution < -0.4 is 4.72 Å². The molecular formula is C13H7BrN4O2S. The first kappa shape index (κ1) is 15.0. The number of sulfonamides is 1. The lowest BCUT2D eigenvalue weighted by Crippen LogP contribution is -2.15. The number of rotatable bonds is 3. The number of nitrogens with zero attached hydrogens (tertiary/aromatic N) is 3. The lowest BCUT2D eigenvalue weighted by Gasteiger charge is -2.10. The molecule has 2 rings (SSSR count). The number of anilines is 1. The van der Waals surface area contributed by atoms with Gasteiger partial charge in [0, 0.05) is 10.7 Å². The third-order valence-corrected chi connectivity index (χ3v) is 4.40. The molecule has 8 heteroatoms. The van der Waals surface area contributed by atoms with Crippen LogP contribution in [0.4, 0.5) is 5.69 Å². The zero-order valence-corrected chi connectivity index (χ0v) is 12.8. The monoisotopic (exact) mass is 362 g/mol. The maximum atomic E-state index is 12.3. The highest BCUT2D eigenvalue weighted by Crippen LogP contribution is 2.24. The molecule has 0 aliphatic rings. The van der Waals surface area contributed by atoms with Crippen LogP contribution in [0.3, 0.4) is 0 Å². The summed E-state index contributed by atoms with van der Waals surface area (Å²) >= 11 is 3.21. The fourth-order valence-corrected chi connectivity index (χ4v) is 3.13. The fourth-order valence-electron chi connectivity index (χ4n) is 1.59. The summed E-state index contributed by atoms with van der Waals surface area (Å²) in [7, 11) is -4.01. The van der Waals surface area contributed by atoms with Crippen molar-refractivity contribution in [3.8, 4) is 12.1 Å². The average Bonchev–Trinajstić information content (AvgIpc) is 2.47. The summed E-state index contributed by atoms with van der Waals surface area (Å²) in [5.74, 6) is 0. The van der Waals surface area contributed by atoms with Crippen LogP contribution in [0.25, 0.3) is 0 Å². The van der Waals surface area contributed by atoms with Gasteiger partial charge in [0.1, 0.15) is 17.0 Å². The molecule has 0 radical (unpaired) electrons. The van der Waals surface area contributed by atoms with E-state index in [1.165, 1.54) is 30.5 Å². The van der Waals surface area contributed by atoms with E-state index in [1.807, 2.05) is 6.07 Å². The summed E-state index contributed by atoms with van der Waals surface area (Å²) < 4.78 is 27.6. The smallest absolute Gasteiger partial charge is 0.264 e. The standard InChI is InChI=1S/C13H7BrN4O2S/c14-10-4-3-9(7-15)11(6-10)18-21(19,20)13-2-1-5-17-12(13)8-16/h1-6,18H. The quantitative estimate of drug-likeness (QED) is 0.901. The van der Waals surface area contributed by atoms with Crippen molar-refractivity contribution in [2.75, 3.05) is 4.72 Å². The predicted octanol–water partition coefficient (Wildman–Crippen LogP) is 2.39. The molecule has 1 N–H and O–H groups in total. The van der Waals surface area contributed by atoms with Crippen molar-refractivity contribution in [2.24, 2.45) is 0 Å². The summed E-state index contributed by atoms with van der Waals surface area (Å²) in [6, 6.07) is 10.9. The van der Waals surface area contributed by atoms with Gasteiger partial charge in [0.25, 0.3) is 10.0 Å². The summed E-state index contributed by atoms with van der Waals surface area (Å²) in [5.41, 5.74) is 0.0855. The summed E-state index contributed by atoms with van der Waals surface area (Å²) in [6.07, 6.45) is 1.33. The first-order valence-corrected chi connectivity index (χ1v) is 7.83. The molecule has 0 fully saturated rings. The van der Waals surface area contributed by atoms with E-state index in [4.69, 9.17) is 10.5 Å². The number of hydrogen-bond donors (Lipinski definition) is 1. The van der Waals surface area contributed by atoms with Crippen LogP contribution in [0.15, 0.2) is 45.9 Å². The molecule has 0 spiro atoms. The van der Waals surface area contributed by atoms with Crippen molar-refractivity contribution in [2.45, 2.75) is 4.90 Å². The highest BCUT2D eigenvalue weighted by atomic mass is 79.9. The van der Waals surface area contributed by atoms with Crippen molar-refractivity contribution in [1.29, 1.82) is 10.5 Å². The highest BCUT2D eigenvalue weighted by Gasteiger charge is 2.20. The second-order valence-electron chi connectivity index (χ2n) is 3.87. The number of hydrogen-bond acceptors (Lipinski definition) is 5. The summed E-state index contributed by atoms with van der Waals surface area (Å²) in [4.78, 5) is 3.47. The van der Waals surface area contributed by atoms with Crippen LogP contribution in [0.5, 0.6) is 0 Å². The maximum absolute atomic E-state index is 12.3. The second kappa shape index (κ2) is 5.92. The molecular weight excluding hydrogens is 356 g/mol. The number of aromatic nitrogens is 1. The van der Waals surface area contributed by atoms with E-state index in [-0.39, 0.29) is 21.8 Å². The summed E-state index contributed by atoms with van der Waals surface area (Å²) in [6.45, 7) is 0. The number of nitriles is 2. The summed E-state index contributed by atoms with van der Waals surface area (Å²) in [5, 5.41) is 17.9. The number of pyridine rings is 1. The van der Waals surface area contributed by atoms with Crippen LogP contribution in [0, 0.1) is 22.7 Å². The van der Waals surface area contributed by atoms with Gasteiger partial charge in [-0.05, 0) is 30.3 Å². The number of nitrogens with one attached hydrogen (secondary N) is 1. The van der Waals surface area contributed by atoms with Crippen LogP contribution in [0.1, 0.15) is 11.3 Å². The normalized spacial score (nSPS) is 10.4. The maximum Gasteiger partial charge on any atom is 0.264 e. The fraction of sp³-hybridized carbons (Fsp3) is 0. The van der Waals surface area contributed by atoms with Gasteiger partial charge in [0.2, 0.25) is 0 Å². The van der Waals surface area contributed by atoms with Crippen molar-refractivity contribution < 1.29 is 8.42 Å². The molecule has 104 valence electrons. The Morgan fingerprint density at radius 2 is 1.95 bits per heavy atom. The van der Waals surface area contributed by atoms with E-state index in [0.717, 1.165) is 0 Å². The van der Waals surface area contributed by atoms with Gasteiger partial charge >= 0.3 is 0 Å². The van der Waals surface area contributed by atoms with E-state index >= 15 is 0 Å². The molecule has 0 saturated heterocycles. The van der Waals surface area contributed by atoms with Gasteiger partial charge in [-0.2, -0.15) is 10.5 Å².